The van der Waals surface area contributed by atoms with Crippen molar-refractivity contribution in [1.29, 1.82) is 0 Å². The van der Waals surface area contributed by atoms with Gasteiger partial charge in [0.1, 0.15) is 0 Å². The largest absolute Gasteiger partial charge is 0.393 e. The van der Waals surface area contributed by atoms with Gasteiger partial charge in [-0.3, -0.25) is 0 Å². The zero-order valence-electron chi connectivity index (χ0n) is 10.5. The van der Waals surface area contributed by atoms with Crippen molar-refractivity contribution in [3.05, 3.63) is 23.4 Å². The van der Waals surface area contributed by atoms with Gasteiger partial charge in [0.2, 0.25) is 0 Å². The van der Waals surface area contributed by atoms with Crippen LogP contribution in [0.3, 0.4) is 0 Å². The molecule has 2 nitrogen and oxygen atoms in total. The molecule has 1 saturated heterocycles. The van der Waals surface area contributed by atoms with Gasteiger partial charge >= 0.3 is 0 Å². The molecule has 0 aromatic carbocycles. The minimum Gasteiger partial charge on any atom is -0.393 e. The monoisotopic (exact) mass is 347 g/mol. The molecule has 2 rings (SSSR count). The van der Waals surface area contributed by atoms with Crippen molar-refractivity contribution >= 4 is 22.6 Å². The Labute approximate surface area is 118 Å². The van der Waals surface area contributed by atoms with Crippen molar-refractivity contribution < 1.29 is 5.11 Å². The maximum absolute atomic E-state index is 9.56. The second kappa shape index (κ2) is 6.23. The van der Waals surface area contributed by atoms with Gasteiger partial charge in [-0.15, -0.1) is 0 Å². The van der Waals surface area contributed by atoms with Crippen LogP contribution in [0.5, 0.6) is 0 Å². The van der Waals surface area contributed by atoms with E-state index in [-0.39, 0.29) is 6.10 Å². The van der Waals surface area contributed by atoms with E-state index in [1.165, 1.54) is 30.5 Å². The summed E-state index contributed by atoms with van der Waals surface area (Å²) in [6.07, 6.45) is 10.2. The van der Waals surface area contributed by atoms with Gasteiger partial charge < -0.3 is 10.0 Å². The number of halogens is 1. The van der Waals surface area contributed by atoms with Crippen LogP contribution in [-0.4, -0.2) is 33.1 Å². The maximum atomic E-state index is 9.56. The first-order valence-electron chi connectivity index (χ1n) is 6.59. The molecule has 0 aromatic heterocycles. The van der Waals surface area contributed by atoms with E-state index in [1.807, 2.05) is 0 Å². The van der Waals surface area contributed by atoms with Crippen molar-refractivity contribution in [2.45, 2.75) is 49.1 Å². The molecular formula is C14H22INO. The number of likely N-dealkylation sites (tertiary alicyclic amines) is 1. The molecule has 3 heteroatoms. The summed E-state index contributed by atoms with van der Waals surface area (Å²) in [4.78, 5) is 2.44. The second-order valence-electron chi connectivity index (χ2n) is 5.21. The number of piperidine rings is 1. The zero-order valence-corrected chi connectivity index (χ0v) is 12.7. The summed E-state index contributed by atoms with van der Waals surface area (Å²) in [5, 5.41) is 9.56. The third kappa shape index (κ3) is 3.98. The number of nitrogens with zero attached hydrogens (tertiary/aromatic N) is 1. The lowest BCUT2D eigenvalue weighted by molar-refractivity contribution is 0.0984. The number of hydrogen-bond donors (Lipinski definition) is 1. The van der Waals surface area contributed by atoms with Crippen LogP contribution in [0.4, 0.5) is 0 Å². The SMILES string of the molecule is C/C1=C\C(N2CCC(O)CC2)=C/CC(I)CC1. The number of allylic oxidation sites excluding steroid dienone is 3. The Balaban J connectivity index is 2.06. The predicted molar refractivity (Wildman–Crippen MR) is 80.3 cm³/mol. The number of rotatable bonds is 1. The van der Waals surface area contributed by atoms with Crippen LogP contribution in [0.2, 0.25) is 0 Å². The van der Waals surface area contributed by atoms with E-state index in [0.29, 0.717) is 0 Å². The molecule has 1 atom stereocenters. The van der Waals surface area contributed by atoms with Gasteiger partial charge in [-0.1, -0.05) is 34.2 Å². The highest BCUT2D eigenvalue weighted by atomic mass is 127. The van der Waals surface area contributed by atoms with E-state index >= 15 is 0 Å². The van der Waals surface area contributed by atoms with Crippen LogP contribution in [-0.2, 0) is 0 Å². The number of hydrogen-bond acceptors (Lipinski definition) is 2. The van der Waals surface area contributed by atoms with E-state index in [1.54, 1.807) is 0 Å². The molecule has 0 radical (unpaired) electrons. The number of aliphatic hydroxyl groups is 1. The maximum Gasteiger partial charge on any atom is 0.0574 e. The van der Waals surface area contributed by atoms with Crippen molar-refractivity contribution in [2.75, 3.05) is 13.1 Å². The summed E-state index contributed by atoms with van der Waals surface area (Å²) in [6.45, 7) is 4.24. The van der Waals surface area contributed by atoms with Crippen molar-refractivity contribution in [3.8, 4) is 0 Å². The highest BCUT2D eigenvalue weighted by molar-refractivity contribution is 14.1. The molecule has 17 heavy (non-hydrogen) atoms. The quantitative estimate of drug-likeness (QED) is 0.581. The van der Waals surface area contributed by atoms with Crippen LogP contribution in [0.1, 0.15) is 39.0 Å². The van der Waals surface area contributed by atoms with Gasteiger partial charge in [-0.05, 0) is 45.1 Å². The lowest BCUT2D eigenvalue weighted by Crippen LogP contribution is -2.35. The Morgan fingerprint density at radius 2 is 2.00 bits per heavy atom. The molecular weight excluding hydrogens is 325 g/mol. The van der Waals surface area contributed by atoms with Gasteiger partial charge in [0, 0.05) is 22.7 Å². The highest BCUT2D eigenvalue weighted by Gasteiger charge is 2.19. The molecule has 0 aromatic rings. The molecule has 1 aliphatic carbocycles. The first-order valence-corrected chi connectivity index (χ1v) is 7.84. The first-order chi connectivity index (χ1) is 8.15. The van der Waals surface area contributed by atoms with E-state index in [0.717, 1.165) is 29.9 Å². The van der Waals surface area contributed by atoms with Gasteiger partial charge in [-0.25, -0.2) is 0 Å². The first kappa shape index (κ1) is 13.4. The lowest BCUT2D eigenvalue weighted by Gasteiger charge is -2.33. The van der Waals surface area contributed by atoms with E-state index in [4.69, 9.17) is 0 Å². The van der Waals surface area contributed by atoms with Gasteiger partial charge in [-0.2, -0.15) is 0 Å². The van der Waals surface area contributed by atoms with Gasteiger partial charge in [0.25, 0.3) is 0 Å². The molecule has 1 fully saturated rings. The lowest BCUT2D eigenvalue weighted by atomic mass is 10.0. The molecule has 1 heterocycles. The average molecular weight is 347 g/mol. The van der Waals surface area contributed by atoms with E-state index in [2.05, 4.69) is 46.6 Å². The van der Waals surface area contributed by atoms with Crippen LogP contribution in [0, 0.1) is 0 Å². The molecule has 1 N–H and O–H groups in total. The molecule has 0 bridgehead atoms. The normalized spacial score (nSPS) is 34.3. The molecule has 96 valence electrons. The summed E-state index contributed by atoms with van der Waals surface area (Å²) < 4.78 is 0.765. The highest BCUT2D eigenvalue weighted by Crippen LogP contribution is 2.25. The summed E-state index contributed by atoms with van der Waals surface area (Å²) in [5.74, 6) is 0. The molecule has 0 spiro atoms. The Hall–Kier alpha value is -0.0300. The van der Waals surface area contributed by atoms with Gasteiger partial charge in [0.15, 0.2) is 0 Å². The Morgan fingerprint density at radius 1 is 1.29 bits per heavy atom. The number of aliphatic hydroxyl groups excluding tert-OH is 1. The van der Waals surface area contributed by atoms with Crippen LogP contribution < -0.4 is 0 Å². The minimum atomic E-state index is -0.0807. The van der Waals surface area contributed by atoms with Crippen molar-refractivity contribution in [3.63, 3.8) is 0 Å². The van der Waals surface area contributed by atoms with Crippen molar-refractivity contribution in [2.24, 2.45) is 0 Å². The summed E-state index contributed by atoms with van der Waals surface area (Å²) in [7, 11) is 0. The van der Waals surface area contributed by atoms with Crippen LogP contribution in [0.25, 0.3) is 0 Å². The number of alkyl halides is 1. The molecule has 1 unspecified atom stereocenters. The van der Waals surface area contributed by atoms with Gasteiger partial charge in [0.05, 0.1) is 6.10 Å². The third-order valence-corrected chi connectivity index (χ3v) is 4.79. The van der Waals surface area contributed by atoms with Crippen molar-refractivity contribution in [1.82, 2.24) is 4.90 Å². The van der Waals surface area contributed by atoms with Crippen LogP contribution in [0.15, 0.2) is 23.4 Å². The minimum absolute atomic E-state index is 0.0807. The molecule has 2 aliphatic rings. The van der Waals surface area contributed by atoms with E-state index < -0.39 is 0 Å². The van der Waals surface area contributed by atoms with Crippen LogP contribution >= 0.6 is 22.6 Å². The summed E-state index contributed by atoms with van der Waals surface area (Å²) in [5.41, 5.74) is 2.87. The topological polar surface area (TPSA) is 23.5 Å². The van der Waals surface area contributed by atoms with E-state index in [9.17, 15) is 5.11 Å². The molecule has 1 aliphatic heterocycles. The Morgan fingerprint density at radius 3 is 2.71 bits per heavy atom. The average Bonchev–Trinajstić information content (AvgIpc) is 2.31. The standard InChI is InChI=1S/C14H22INO/c1-11-2-3-12(15)4-5-13(10-11)16-8-6-14(17)7-9-16/h5,10,12,14,17H,2-4,6-9H2,1H3/b11-10+,13-5+. The molecule has 0 saturated carbocycles. The smallest absolute Gasteiger partial charge is 0.0574 e. The fraction of sp³-hybridized carbons (Fsp3) is 0.714. The molecule has 0 amide bonds. The second-order valence-corrected chi connectivity index (χ2v) is 6.97. The fourth-order valence-corrected chi connectivity index (χ4v) is 3.04. The Bertz CT molecular complexity index is 316. The fourth-order valence-electron chi connectivity index (χ4n) is 2.48. The predicted octanol–water partition coefficient (Wildman–Crippen LogP) is 3.26. The third-order valence-electron chi connectivity index (χ3n) is 3.66. The summed E-state index contributed by atoms with van der Waals surface area (Å²) in [6, 6.07) is 0. The zero-order chi connectivity index (χ0) is 12.3. The Kier molecular flexibility index (Phi) is 4.91. The summed E-state index contributed by atoms with van der Waals surface area (Å²) >= 11 is 2.56.